The molecule has 0 bridgehead atoms. The van der Waals surface area contributed by atoms with E-state index in [0.29, 0.717) is 5.69 Å². The fourth-order valence-corrected chi connectivity index (χ4v) is 2.68. The molecule has 0 heterocycles. The van der Waals surface area contributed by atoms with Crippen LogP contribution in [0.15, 0.2) is 78.9 Å². The van der Waals surface area contributed by atoms with Gasteiger partial charge in [0.15, 0.2) is 0 Å². The maximum absolute atomic E-state index is 11.0. The van der Waals surface area contributed by atoms with E-state index < -0.39 is 4.92 Å². The third kappa shape index (κ3) is 3.95. The Morgan fingerprint density at radius 1 is 0.920 bits per heavy atom. The van der Waals surface area contributed by atoms with Crippen LogP contribution in [0, 0.1) is 10.1 Å². The molecule has 5 nitrogen and oxygen atoms in total. The fourth-order valence-electron chi connectivity index (χ4n) is 2.68. The molecule has 0 saturated heterocycles. The zero-order chi connectivity index (χ0) is 17.6. The summed E-state index contributed by atoms with van der Waals surface area (Å²) in [6.45, 7) is 0. The largest absolute Gasteiger partial charge is 0.497 e. The van der Waals surface area contributed by atoms with E-state index >= 15 is 0 Å². The molecule has 0 aliphatic rings. The summed E-state index contributed by atoms with van der Waals surface area (Å²) in [6, 6.07) is 24.1. The van der Waals surface area contributed by atoms with Gasteiger partial charge in [-0.2, -0.15) is 0 Å². The number of anilines is 1. The zero-order valence-corrected chi connectivity index (χ0v) is 13.8. The van der Waals surface area contributed by atoms with Gasteiger partial charge >= 0.3 is 0 Å². The molecule has 3 rings (SSSR count). The maximum atomic E-state index is 11.0. The molecule has 126 valence electrons. The first-order valence-corrected chi connectivity index (χ1v) is 7.87. The first-order chi connectivity index (χ1) is 12.2. The SMILES string of the molecule is COc1ccc(C(Nc2cccc([N+](=O)[O-])c2)c2ccccc2)cc1. The Hall–Kier alpha value is -3.34. The summed E-state index contributed by atoms with van der Waals surface area (Å²) in [6.07, 6.45) is 0. The van der Waals surface area contributed by atoms with E-state index in [1.54, 1.807) is 19.2 Å². The van der Waals surface area contributed by atoms with Crippen LogP contribution in [0.3, 0.4) is 0 Å². The van der Waals surface area contributed by atoms with Crippen molar-refractivity contribution >= 4 is 11.4 Å². The van der Waals surface area contributed by atoms with Gasteiger partial charge in [0.05, 0.1) is 18.1 Å². The Morgan fingerprint density at radius 3 is 2.24 bits per heavy atom. The third-order valence-electron chi connectivity index (χ3n) is 3.95. The van der Waals surface area contributed by atoms with Crippen molar-refractivity contribution in [3.63, 3.8) is 0 Å². The number of nitrogens with one attached hydrogen (secondary N) is 1. The minimum Gasteiger partial charge on any atom is -0.497 e. The van der Waals surface area contributed by atoms with Gasteiger partial charge in [-0.05, 0) is 29.3 Å². The Morgan fingerprint density at radius 2 is 1.60 bits per heavy atom. The number of ether oxygens (including phenoxy) is 1. The Kier molecular flexibility index (Phi) is 4.95. The standard InChI is InChI=1S/C20H18N2O3/c1-25-19-12-10-16(11-13-19)20(15-6-3-2-4-7-15)21-17-8-5-9-18(14-17)22(23)24/h2-14,20-21H,1H3. The molecule has 0 aliphatic heterocycles. The number of hydrogen-bond donors (Lipinski definition) is 1. The molecule has 25 heavy (non-hydrogen) atoms. The molecule has 3 aromatic rings. The van der Waals surface area contributed by atoms with Gasteiger partial charge in [0.1, 0.15) is 5.75 Å². The molecule has 1 N–H and O–H groups in total. The van der Waals surface area contributed by atoms with E-state index in [1.807, 2.05) is 60.7 Å². The quantitative estimate of drug-likeness (QED) is 0.519. The predicted molar refractivity (Wildman–Crippen MR) is 98.0 cm³/mol. The lowest BCUT2D eigenvalue weighted by Gasteiger charge is -2.21. The van der Waals surface area contributed by atoms with Crippen LogP contribution in [-0.2, 0) is 0 Å². The summed E-state index contributed by atoms with van der Waals surface area (Å²) in [4.78, 5) is 10.6. The van der Waals surface area contributed by atoms with Crippen molar-refractivity contribution in [3.05, 3.63) is 100 Å². The van der Waals surface area contributed by atoms with Gasteiger partial charge in [-0.25, -0.2) is 0 Å². The molecule has 0 saturated carbocycles. The van der Waals surface area contributed by atoms with Gasteiger partial charge in [0.25, 0.3) is 5.69 Å². The zero-order valence-electron chi connectivity index (χ0n) is 13.8. The van der Waals surface area contributed by atoms with E-state index in [0.717, 1.165) is 16.9 Å². The second kappa shape index (κ2) is 7.49. The molecule has 1 unspecified atom stereocenters. The number of non-ortho nitro benzene ring substituents is 1. The average molecular weight is 334 g/mol. The fraction of sp³-hybridized carbons (Fsp3) is 0.100. The average Bonchev–Trinajstić information content (AvgIpc) is 2.67. The number of rotatable bonds is 6. The molecule has 0 radical (unpaired) electrons. The molecule has 3 aromatic carbocycles. The van der Waals surface area contributed by atoms with Gasteiger partial charge in [-0.1, -0.05) is 48.5 Å². The van der Waals surface area contributed by atoms with Crippen molar-refractivity contribution in [1.29, 1.82) is 0 Å². The molecule has 0 amide bonds. The molecular formula is C20H18N2O3. The highest BCUT2D eigenvalue weighted by atomic mass is 16.6. The number of benzene rings is 3. The number of nitrogens with zero attached hydrogens (tertiary/aromatic N) is 1. The monoisotopic (exact) mass is 334 g/mol. The van der Waals surface area contributed by atoms with Crippen LogP contribution >= 0.6 is 0 Å². The van der Waals surface area contributed by atoms with Gasteiger partial charge in [0, 0.05) is 17.8 Å². The number of nitro groups is 1. The minimum atomic E-state index is -0.393. The Balaban J connectivity index is 1.96. The van der Waals surface area contributed by atoms with Crippen LogP contribution in [0.5, 0.6) is 5.75 Å². The molecule has 5 heteroatoms. The van der Waals surface area contributed by atoms with Crippen molar-refractivity contribution in [2.45, 2.75) is 6.04 Å². The number of hydrogen-bond acceptors (Lipinski definition) is 4. The molecular weight excluding hydrogens is 316 g/mol. The van der Waals surface area contributed by atoms with Gasteiger partial charge in [-0.3, -0.25) is 10.1 Å². The highest BCUT2D eigenvalue weighted by molar-refractivity contribution is 5.54. The molecule has 0 fully saturated rings. The maximum Gasteiger partial charge on any atom is 0.271 e. The van der Waals surface area contributed by atoms with Gasteiger partial charge < -0.3 is 10.1 Å². The van der Waals surface area contributed by atoms with Gasteiger partial charge in [0.2, 0.25) is 0 Å². The van der Waals surface area contributed by atoms with Crippen molar-refractivity contribution in [3.8, 4) is 5.75 Å². The van der Waals surface area contributed by atoms with Crippen LogP contribution < -0.4 is 10.1 Å². The summed E-state index contributed by atoms with van der Waals surface area (Å²) >= 11 is 0. The Bertz CT molecular complexity index is 848. The lowest BCUT2D eigenvalue weighted by atomic mass is 9.98. The van der Waals surface area contributed by atoms with Crippen molar-refractivity contribution in [1.82, 2.24) is 0 Å². The summed E-state index contributed by atoms with van der Waals surface area (Å²) < 4.78 is 5.22. The summed E-state index contributed by atoms with van der Waals surface area (Å²) in [7, 11) is 1.63. The second-order valence-corrected chi connectivity index (χ2v) is 5.57. The smallest absolute Gasteiger partial charge is 0.271 e. The van der Waals surface area contributed by atoms with E-state index in [1.165, 1.54) is 6.07 Å². The molecule has 0 aromatic heterocycles. The van der Waals surface area contributed by atoms with Crippen LogP contribution in [0.1, 0.15) is 17.2 Å². The highest BCUT2D eigenvalue weighted by Gasteiger charge is 2.15. The van der Waals surface area contributed by atoms with Crippen LogP contribution in [0.25, 0.3) is 0 Å². The number of methoxy groups -OCH3 is 1. The van der Waals surface area contributed by atoms with Gasteiger partial charge in [-0.15, -0.1) is 0 Å². The van der Waals surface area contributed by atoms with E-state index in [4.69, 9.17) is 4.74 Å². The summed E-state index contributed by atoms with van der Waals surface area (Å²) in [5.74, 6) is 0.783. The van der Waals surface area contributed by atoms with E-state index in [9.17, 15) is 10.1 Å². The highest BCUT2D eigenvalue weighted by Crippen LogP contribution is 2.29. The van der Waals surface area contributed by atoms with Crippen molar-refractivity contribution in [2.24, 2.45) is 0 Å². The normalized spacial score (nSPS) is 11.6. The topological polar surface area (TPSA) is 64.4 Å². The number of nitro benzene ring substituents is 1. The van der Waals surface area contributed by atoms with E-state index in [-0.39, 0.29) is 11.7 Å². The summed E-state index contributed by atoms with van der Waals surface area (Å²) in [5, 5.41) is 14.4. The van der Waals surface area contributed by atoms with Crippen molar-refractivity contribution in [2.75, 3.05) is 12.4 Å². The first-order valence-electron chi connectivity index (χ1n) is 7.87. The van der Waals surface area contributed by atoms with Crippen LogP contribution in [0.2, 0.25) is 0 Å². The van der Waals surface area contributed by atoms with Crippen molar-refractivity contribution < 1.29 is 9.66 Å². The third-order valence-corrected chi connectivity index (χ3v) is 3.95. The predicted octanol–water partition coefficient (Wildman–Crippen LogP) is 4.80. The summed E-state index contributed by atoms with van der Waals surface area (Å²) in [5.41, 5.74) is 2.86. The molecule has 0 aliphatic carbocycles. The van der Waals surface area contributed by atoms with Crippen LogP contribution in [0.4, 0.5) is 11.4 Å². The Labute approximate surface area is 146 Å². The van der Waals surface area contributed by atoms with E-state index in [2.05, 4.69) is 5.32 Å². The second-order valence-electron chi connectivity index (χ2n) is 5.57. The first kappa shape index (κ1) is 16.5. The minimum absolute atomic E-state index is 0.0616. The lowest BCUT2D eigenvalue weighted by Crippen LogP contribution is -2.12. The lowest BCUT2D eigenvalue weighted by molar-refractivity contribution is -0.384. The van der Waals surface area contributed by atoms with Crippen LogP contribution in [-0.4, -0.2) is 12.0 Å². The molecule has 0 spiro atoms. The molecule has 1 atom stereocenters.